The number of carbonyl (C=O) groups excluding carboxylic acids is 1. The number of benzene rings is 3. The molecule has 2 aromatic heterocycles. The number of halogens is 1. The highest BCUT2D eigenvalue weighted by molar-refractivity contribution is 6.30. The van der Waals surface area contributed by atoms with E-state index in [1.165, 1.54) is 0 Å². The van der Waals surface area contributed by atoms with Crippen LogP contribution in [0.15, 0.2) is 109 Å². The number of hydrogen-bond acceptors (Lipinski definition) is 2. The van der Waals surface area contributed by atoms with Gasteiger partial charge in [0.1, 0.15) is 11.4 Å². The lowest BCUT2D eigenvalue weighted by atomic mass is 9.98. The molecule has 3 aromatic carbocycles. The molecular formula is C29H25ClN4O. The van der Waals surface area contributed by atoms with Crippen LogP contribution in [0.3, 0.4) is 0 Å². The first-order chi connectivity index (χ1) is 17.1. The van der Waals surface area contributed by atoms with Crippen LogP contribution in [0.5, 0.6) is 0 Å². The molecule has 0 spiro atoms. The fourth-order valence-electron chi connectivity index (χ4n) is 4.19. The van der Waals surface area contributed by atoms with Gasteiger partial charge in [0.05, 0.1) is 17.4 Å². The minimum atomic E-state index is -0.197. The van der Waals surface area contributed by atoms with E-state index < -0.39 is 0 Å². The van der Waals surface area contributed by atoms with E-state index in [0.717, 1.165) is 28.2 Å². The number of aryl methyl sites for hydroxylation is 1. The third-order valence-electron chi connectivity index (χ3n) is 6.01. The van der Waals surface area contributed by atoms with Gasteiger partial charge in [0.15, 0.2) is 0 Å². The highest BCUT2D eigenvalue weighted by Crippen LogP contribution is 2.25. The summed E-state index contributed by atoms with van der Waals surface area (Å²) >= 11 is 6.11. The largest absolute Gasteiger partial charge is 0.349 e. The molecule has 174 valence electrons. The molecule has 0 saturated heterocycles. The van der Waals surface area contributed by atoms with Gasteiger partial charge in [0.2, 0.25) is 0 Å². The lowest BCUT2D eigenvalue weighted by Gasteiger charge is -2.20. The van der Waals surface area contributed by atoms with Gasteiger partial charge >= 0.3 is 0 Å². The molecule has 1 atom stereocenters. The minimum Gasteiger partial charge on any atom is -0.349 e. The zero-order chi connectivity index (χ0) is 24.2. The molecule has 2 heterocycles. The second-order valence-corrected chi connectivity index (χ2v) is 8.87. The molecule has 5 nitrogen and oxygen atoms in total. The number of carbonyl (C=O) groups is 1. The Bertz CT molecular complexity index is 1420. The third kappa shape index (κ3) is 5.05. The first-order valence-corrected chi connectivity index (χ1v) is 11.8. The quantitative estimate of drug-likeness (QED) is 0.299. The van der Waals surface area contributed by atoms with Crippen LogP contribution < -0.4 is 5.32 Å². The summed E-state index contributed by atoms with van der Waals surface area (Å²) in [5, 5.41) is 8.68. The van der Waals surface area contributed by atoms with E-state index in [1.807, 2.05) is 96.7 Å². The average molecular weight is 481 g/mol. The second-order valence-electron chi connectivity index (χ2n) is 8.43. The Morgan fingerprint density at radius 3 is 2.26 bits per heavy atom. The number of nitrogens with zero attached hydrogens (tertiary/aromatic N) is 3. The number of amides is 1. The number of hydrogen-bond donors (Lipinski definition) is 1. The third-order valence-corrected chi connectivity index (χ3v) is 6.26. The van der Waals surface area contributed by atoms with Crippen LogP contribution in [-0.2, 0) is 13.5 Å². The average Bonchev–Trinajstić information content (AvgIpc) is 3.51. The lowest BCUT2D eigenvalue weighted by Crippen LogP contribution is -2.31. The van der Waals surface area contributed by atoms with Crippen molar-refractivity contribution < 1.29 is 4.79 Å². The highest BCUT2D eigenvalue weighted by Gasteiger charge is 2.22. The maximum absolute atomic E-state index is 13.7. The number of rotatable bonds is 7. The van der Waals surface area contributed by atoms with Crippen molar-refractivity contribution in [1.29, 1.82) is 0 Å². The van der Waals surface area contributed by atoms with Gasteiger partial charge in [-0.25, -0.2) is 4.68 Å². The van der Waals surface area contributed by atoms with Crippen molar-refractivity contribution in [2.75, 3.05) is 0 Å². The fraction of sp³-hybridized carbons (Fsp3) is 0.103. The van der Waals surface area contributed by atoms with Gasteiger partial charge < -0.3 is 9.88 Å². The molecule has 6 heteroatoms. The van der Waals surface area contributed by atoms with Crippen molar-refractivity contribution in [2.45, 2.75) is 12.5 Å². The molecule has 1 unspecified atom stereocenters. The summed E-state index contributed by atoms with van der Waals surface area (Å²) in [6, 6.07) is 33.1. The monoisotopic (exact) mass is 480 g/mol. The van der Waals surface area contributed by atoms with Crippen LogP contribution in [-0.4, -0.2) is 20.3 Å². The zero-order valence-electron chi connectivity index (χ0n) is 19.3. The van der Waals surface area contributed by atoms with E-state index >= 15 is 0 Å². The minimum absolute atomic E-state index is 0.196. The number of nitrogens with one attached hydrogen (secondary N) is 1. The van der Waals surface area contributed by atoms with Gasteiger partial charge in [-0.1, -0.05) is 72.3 Å². The summed E-state index contributed by atoms with van der Waals surface area (Å²) in [5.41, 5.74) is 5.06. The van der Waals surface area contributed by atoms with Gasteiger partial charge in [0.25, 0.3) is 5.91 Å². The molecular weight excluding hydrogens is 456 g/mol. The summed E-state index contributed by atoms with van der Waals surface area (Å²) in [6.45, 7) is 0. The van der Waals surface area contributed by atoms with Crippen molar-refractivity contribution in [2.24, 2.45) is 7.05 Å². The van der Waals surface area contributed by atoms with Gasteiger partial charge in [-0.3, -0.25) is 4.79 Å². The number of aromatic nitrogens is 3. The maximum atomic E-state index is 13.7. The molecule has 35 heavy (non-hydrogen) atoms. The van der Waals surface area contributed by atoms with Crippen LogP contribution in [0, 0.1) is 0 Å². The summed E-state index contributed by atoms with van der Waals surface area (Å²) in [5.74, 6) is -0.197. The highest BCUT2D eigenvalue weighted by atomic mass is 35.5. The van der Waals surface area contributed by atoms with Crippen LogP contribution in [0.25, 0.3) is 17.1 Å². The van der Waals surface area contributed by atoms with Gasteiger partial charge in [-0.2, -0.15) is 5.10 Å². The van der Waals surface area contributed by atoms with Crippen molar-refractivity contribution in [3.05, 3.63) is 131 Å². The van der Waals surface area contributed by atoms with Crippen LogP contribution >= 0.6 is 11.6 Å². The Hall–Kier alpha value is -4.09. The summed E-state index contributed by atoms with van der Waals surface area (Å²) in [4.78, 5) is 13.7. The Balaban J connectivity index is 1.53. The van der Waals surface area contributed by atoms with E-state index in [9.17, 15) is 4.79 Å². The normalized spacial score (nSPS) is 11.8. The van der Waals surface area contributed by atoms with Crippen molar-refractivity contribution in [3.8, 4) is 17.1 Å². The predicted octanol–water partition coefficient (Wildman–Crippen LogP) is 6.25. The molecule has 1 N–H and O–H groups in total. The molecule has 5 rings (SSSR count). The smallest absolute Gasteiger partial charge is 0.270 e. The van der Waals surface area contributed by atoms with Crippen molar-refractivity contribution in [3.63, 3.8) is 0 Å². The van der Waals surface area contributed by atoms with Crippen LogP contribution in [0.4, 0.5) is 0 Å². The lowest BCUT2D eigenvalue weighted by molar-refractivity contribution is 0.0928. The van der Waals surface area contributed by atoms with E-state index in [-0.39, 0.29) is 11.9 Å². The summed E-state index contributed by atoms with van der Waals surface area (Å²) < 4.78 is 3.66. The molecule has 0 aliphatic rings. The molecule has 5 aromatic rings. The second kappa shape index (κ2) is 10.0. The molecule has 0 bridgehead atoms. The van der Waals surface area contributed by atoms with Crippen LogP contribution in [0.1, 0.15) is 27.7 Å². The molecule has 1 amide bonds. The van der Waals surface area contributed by atoms with Gasteiger partial charge in [-0.15, -0.1) is 0 Å². The van der Waals surface area contributed by atoms with Crippen molar-refractivity contribution in [1.82, 2.24) is 19.7 Å². The molecule has 0 saturated carbocycles. The Labute approximate surface area is 209 Å². The molecule has 0 aliphatic carbocycles. The van der Waals surface area contributed by atoms with Crippen molar-refractivity contribution >= 4 is 17.5 Å². The van der Waals surface area contributed by atoms with E-state index in [2.05, 4.69) is 17.4 Å². The molecule has 0 radical (unpaired) electrons. The summed E-state index contributed by atoms with van der Waals surface area (Å²) in [6.07, 6.45) is 2.64. The van der Waals surface area contributed by atoms with E-state index in [1.54, 1.807) is 16.8 Å². The van der Waals surface area contributed by atoms with E-state index in [4.69, 9.17) is 16.7 Å². The summed E-state index contributed by atoms with van der Waals surface area (Å²) in [7, 11) is 1.96. The van der Waals surface area contributed by atoms with E-state index in [0.29, 0.717) is 17.1 Å². The molecule has 0 aliphatic heterocycles. The fourth-order valence-corrected chi connectivity index (χ4v) is 4.32. The Kier molecular flexibility index (Phi) is 6.51. The van der Waals surface area contributed by atoms with Crippen LogP contribution in [0.2, 0.25) is 5.02 Å². The first kappa shape index (κ1) is 22.7. The van der Waals surface area contributed by atoms with Gasteiger partial charge in [0, 0.05) is 18.3 Å². The first-order valence-electron chi connectivity index (χ1n) is 11.5. The SMILES string of the molecule is Cn1cccc1-c1cc(C(=O)NC(Cc2ccccc2)c2ccccc2)n(-c2ccc(Cl)cc2)n1. The van der Waals surface area contributed by atoms with Gasteiger partial charge in [-0.05, 0) is 60.0 Å². The Morgan fingerprint density at radius 1 is 0.914 bits per heavy atom. The predicted molar refractivity (Wildman–Crippen MR) is 140 cm³/mol. The standard InChI is InChI=1S/C29H25ClN4O/c1-33-18-8-13-27(33)26-20-28(34(32-26)24-16-14-23(30)15-17-24)29(35)31-25(22-11-6-3-7-12-22)19-21-9-4-2-5-10-21/h2-18,20,25H,19H2,1H3,(H,31,35). The maximum Gasteiger partial charge on any atom is 0.270 e. The molecule has 0 fully saturated rings. The topological polar surface area (TPSA) is 51.9 Å². The Morgan fingerprint density at radius 2 is 1.60 bits per heavy atom. The zero-order valence-corrected chi connectivity index (χ0v) is 20.1.